The Morgan fingerprint density at radius 1 is 1.09 bits per heavy atom. The van der Waals surface area contributed by atoms with E-state index in [1.54, 1.807) is 12.1 Å². The third-order valence-electron chi connectivity index (χ3n) is 6.50. The molecule has 0 radical (unpaired) electrons. The largest absolute Gasteiger partial charge is 0.458 e. The van der Waals surface area contributed by atoms with Gasteiger partial charge in [-0.2, -0.15) is 5.26 Å². The van der Waals surface area contributed by atoms with E-state index in [1.807, 2.05) is 51.1 Å². The second-order valence-electron chi connectivity index (χ2n) is 8.79. The van der Waals surface area contributed by atoms with Crippen LogP contribution in [-0.4, -0.2) is 36.0 Å². The molecule has 32 heavy (non-hydrogen) atoms. The zero-order chi connectivity index (χ0) is 23.1. The van der Waals surface area contributed by atoms with Crippen LogP contribution in [0.25, 0.3) is 0 Å². The normalized spacial score (nSPS) is 15.9. The summed E-state index contributed by atoms with van der Waals surface area (Å²) in [6, 6.07) is 15.4. The van der Waals surface area contributed by atoms with Gasteiger partial charge < -0.3 is 10.1 Å². The number of nitrogens with one attached hydrogen (secondary N) is 1. The van der Waals surface area contributed by atoms with Gasteiger partial charge in [0.25, 0.3) is 5.91 Å². The van der Waals surface area contributed by atoms with Crippen molar-refractivity contribution < 1.29 is 14.3 Å². The molecule has 168 valence electrons. The average Bonchev–Trinajstić information content (AvgIpc) is 2.80. The van der Waals surface area contributed by atoms with Crippen LogP contribution in [0.2, 0.25) is 0 Å². The van der Waals surface area contributed by atoms with Crippen LogP contribution in [0.4, 0.5) is 5.69 Å². The smallest absolute Gasteiger partial charge is 0.344 e. The lowest BCUT2D eigenvalue weighted by Crippen LogP contribution is -2.35. The molecule has 1 N–H and O–H groups in total. The van der Waals surface area contributed by atoms with Gasteiger partial charge in [0.1, 0.15) is 12.3 Å². The van der Waals surface area contributed by atoms with Crippen molar-refractivity contribution in [1.29, 1.82) is 5.26 Å². The van der Waals surface area contributed by atoms with Gasteiger partial charge in [0.2, 0.25) is 0 Å². The molecule has 0 aliphatic carbocycles. The minimum Gasteiger partial charge on any atom is -0.458 e. The Bertz CT molecular complexity index is 984. The van der Waals surface area contributed by atoms with Crippen LogP contribution < -0.4 is 5.32 Å². The Morgan fingerprint density at radius 3 is 2.31 bits per heavy atom. The van der Waals surface area contributed by atoms with Crippen molar-refractivity contribution >= 4 is 24.8 Å². The van der Waals surface area contributed by atoms with E-state index in [2.05, 4.69) is 11.4 Å². The predicted octanol–water partition coefficient (Wildman–Crippen LogP) is 5.45. The molecule has 3 rings (SSSR count). The molecule has 1 heterocycles. The minimum atomic E-state index is -1.84. The molecule has 0 spiro atoms. The fraction of sp³-hybridized carbons (Fsp3) is 0.423. The summed E-state index contributed by atoms with van der Waals surface area (Å²) >= 11 is 0. The Balaban J connectivity index is 1.72. The summed E-state index contributed by atoms with van der Waals surface area (Å²) in [5, 5.41) is 12.3. The van der Waals surface area contributed by atoms with Crippen molar-refractivity contribution in [3.8, 4) is 6.07 Å². The molecular weight excluding hydrogens is 419 g/mol. The molecule has 2 aromatic rings. The highest BCUT2D eigenvalue weighted by Crippen LogP contribution is 2.66. The molecule has 2 aromatic carbocycles. The van der Waals surface area contributed by atoms with Gasteiger partial charge in [0.15, 0.2) is 6.16 Å². The highest BCUT2D eigenvalue weighted by Gasteiger charge is 2.49. The lowest BCUT2D eigenvalue weighted by Gasteiger charge is -2.34. The van der Waals surface area contributed by atoms with E-state index >= 15 is 0 Å². The van der Waals surface area contributed by atoms with Gasteiger partial charge in [0, 0.05) is 12.9 Å². The van der Waals surface area contributed by atoms with Crippen LogP contribution in [-0.2, 0) is 20.9 Å². The van der Waals surface area contributed by atoms with Gasteiger partial charge in [0.05, 0.1) is 24.0 Å². The number of nitriles is 1. The molecule has 1 aliphatic rings. The van der Waals surface area contributed by atoms with E-state index in [1.165, 1.54) is 0 Å². The molecule has 1 fully saturated rings. The van der Waals surface area contributed by atoms with Crippen molar-refractivity contribution in [3.63, 3.8) is 0 Å². The quantitative estimate of drug-likeness (QED) is 0.449. The van der Waals surface area contributed by atoms with Gasteiger partial charge >= 0.3 is 5.97 Å². The topological polar surface area (TPSA) is 79.2 Å². The SMILES string of the molecule is Cc1cc(C#N)cc(C)c1NC(=O)C(C)[P+]1(CC(=O)OCc2ccccc2)CCCCC1. The highest BCUT2D eigenvalue weighted by molar-refractivity contribution is 7.78. The van der Waals surface area contributed by atoms with E-state index in [0.29, 0.717) is 11.7 Å². The summed E-state index contributed by atoms with van der Waals surface area (Å²) in [5.74, 6) is -0.235. The lowest BCUT2D eigenvalue weighted by atomic mass is 10.0. The van der Waals surface area contributed by atoms with Crippen molar-refractivity contribution in [3.05, 3.63) is 64.7 Å². The van der Waals surface area contributed by atoms with Crippen LogP contribution in [0.3, 0.4) is 0 Å². The molecule has 5 nitrogen and oxygen atoms in total. The molecule has 0 aromatic heterocycles. The first-order valence-corrected chi connectivity index (χ1v) is 13.6. The zero-order valence-electron chi connectivity index (χ0n) is 19.2. The number of hydrogen-bond donors (Lipinski definition) is 1. The molecule has 1 amide bonds. The number of ether oxygens (including phenoxy) is 1. The number of aryl methyl sites for hydroxylation is 2. The van der Waals surface area contributed by atoms with Crippen molar-refractivity contribution in [2.75, 3.05) is 23.8 Å². The number of anilines is 1. The zero-order valence-corrected chi connectivity index (χ0v) is 20.1. The van der Waals surface area contributed by atoms with E-state index in [4.69, 9.17) is 4.74 Å². The Hall–Kier alpha value is -2.70. The Labute approximate surface area is 191 Å². The molecule has 0 saturated carbocycles. The predicted molar refractivity (Wildman–Crippen MR) is 130 cm³/mol. The number of amides is 1. The molecule has 1 atom stereocenters. The summed E-state index contributed by atoms with van der Waals surface area (Å²) < 4.78 is 5.59. The fourth-order valence-electron chi connectivity index (χ4n) is 4.57. The average molecular weight is 452 g/mol. The first-order chi connectivity index (χ1) is 15.3. The maximum absolute atomic E-state index is 13.3. The van der Waals surface area contributed by atoms with E-state index < -0.39 is 7.26 Å². The van der Waals surface area contributed by atoms with E-state index in [9.17, 15) is 14.9 Å². The maximum Gasteiger partial charge on any atom is 0.344 e. The molecule has 1 aliphatic heterocycles. The first kappa shape index (κ1) is 24.0. The number of carbonyl (C=O) groups excluding carboxylic acids is 2. The van der Waals surface area contributed by atoms with Crippen molar-refractivity contribution in [1.82, 2.24) is 0 Å². The maximum atomic E-state index is 13.3. The van der Waals surface area contributed by atoms with Crippen LogP contribution in [0.1, 0.15) is 48.4 Å². The molecule has 0 bridgehead atoms. The van der Waals surface area contributed by atoms with Crippen molar-refractivity contribution in [2.24, 2.45) is 0 Å². The van der Waals surface area contributed by atoms with Crippen LogP contribution >= 0.6 is 7.26 Å². The van der Waals surface area contributed by atoms with E-state index in [-0.39, 0.29) is 24.1 Å². The monoisotopic (exact) mass is 451 g/mol. The number of esters is 1. The van der Waals surface area contributed by atoms with Crippen LogP contribution in [0.5, 0.6) is 0 Å². The number of hydrogen-bond acceptors (Lipinski definition) is 4. The summed E-state index contributed by atoms with van der Waals surface area (Å²) in [6.45, 7) is 6.05. The first-order valence-electron chi connectivity index (χ1n) is 11.2. The number of benzene rings is 2. The lowest BCUT2D eigenvalue weighted by molar-refractivity contribution is -0.141. The Kier molecular flexibility index (Phi) is 8.04. The number of rotatable bonds is 7. The van der Waals surface area contributed by atoms with E-state index in [0.717, 1.165) is 54.0 Å². The number of carbonyl (C=O) groups is 2. The van der Waals surface area contributed by atoms with Crippen LogP contribution in [0, 0.1) is 25.2 Å². The van der Waals surface area contributed by atoms with Gasteiger partial charge in [-0.3, -0.25) is 4.79 Å². The minimum absolute atomic E-state index is 0.0352. The van der Waals surface area contributed by atoms with Gasteiger partial charge in [-0.25, -0.2) is 4.79 Å². The highest BCUT2D eigenvalue weighted by atomic mass is 31.2. The molecule has 1 saturated heterocycles. The Morgan fingerprint density at radius 2 is 1.72 bits per heavy atom. The molecule has 1 unspecified atom stereocenters. The standard InChI is InChI=1S/C26H31N2O3P/c1-19-14-23(16-27)15-20(2)25(19)28-26(30)21(3)32(12-8-5-9-13-32)18-24(29)31-17-22-10-6-4-7-11-22/h4,6-7,10-11,14-15,21H,5,8-9,12-13,17-18H2,1-3H3/p+1. The summed E-state index contributed by atoms with van der Waals surface area (Å²) in [7, 11) is -1.84. The second kappa shape index (κ2) is 10.7. The second-order valence-corrected chi connectivity index (χ2v) is 13.2. The van der Waals surface area contributed by atoms with Gasteiger partial charge in [-0.15, -0.1) is 0 Å². The number of nitrogens with zero attached hydrogens (tertiary/aromatic N) is 1. The molecule has 6 heteroatoms. The third kappa shape index (κ3) is 5.75. The molecular formula is C26H32N2O3P+. The van der Waals surface area contributed by atoms with Gasteiger partial charge in [-0.1, -0.05) is 30.3 Å². The fourth-order valence-corrected chi connectivity index (χ4v) is 9.03. The van der Waals surface area contributed by atoms with Crippen LogP contribution in [0.15, 0.2) is 42.5 Å². The summed E-state index contributed by atoms with van der Waals surface area (Å²) in [6.07, 6.45) is 5.54. The summed E-state index contributed by atoms with van der Waals surface area (Å²) in [5.41, 5.74) is 3.85. The van der Waals surface area contributed by atoms with Gasteiger partial charge in [-0.05, 0) is 68.9 Å². The third-order valence-corrected chi connectivity index (χ3v) is 11.7. The van der Waals surface area contributed by atoms with Crippen molar-refractivity contribution in [2.45, 2.75) is 52.3 Å². The summed E-state index contributed by atoms with van der Waals surface area (Å²) in [4.78, 5) is 26.1.